The molecular weight excluding hydrogens is 185 g/mol. The van der Waals surface area contributed by atoms with E-state index in [4.69, 9.17) is 0 Å². The quantitative estimate of drug-likeness (QED) is 0.409. The molecule has 1 rings (SSSR count). The molecule has 1 heteroatoms. The number of allylic oxidation sites excluding steroid dienone is 4. The second-order valence-electron chi connectivity index (χ2n) is 1.23. The third kappa shape index (κ3) is 2.93. The van der Waals surface area contributed by atoms with Gasteiger partial charge in [-0.3, -0.25) is 0 Å². The Hall–Kier alpha value is -0.157. The Balaban J connectivity index is 0.000000222. The summed E-state index contributed by atoms with van der Waals surface area (Å²) in [7, 11) is 0. The summed E-state index contributed by atoms with van der Waals surface area (Å²) in [5.74, 6) is 0. The van der Waals surface area contributed by atoms with E-state index in [0.29, 0.717) is 0 Å². The Bertz CT molecular complexity index is 112. The Morgan fingerprint density at radius 3 is 2.25 bits per heavy atom. The van der Waals surface area contributed by atoms with Gasteiger partial charge >= 0.3 is 47.1 Å². The molecule has 0 radical (unpaired) electrons. The van der Waals surface area contributed by atoms with E-state index in [1.807, 2.05) is 0 Å². The van der Waals surface area contributed by atoms with Gasteiger partial charge in [0.05, 0.1) is 0 Å². The second kappa shape index (κ2) is 4.99. The molecule has 0 aliphatic heterocycles. The van der Waals surface area contributed by atoms with Crippen molar-refractivity contribution in [1.82, 2.24) is 0 Å². The van der Waals surface area contributed by atoms with Crippen LogP contribution in [-0.4, -0.2) is 0 Å². The Morgan fingerprint density at radius 1 is 1.50 bits per heavy atom. The van der Waals surface area contributed by atoms with Crippen molar-refractivity contribution in [3.8, 4) is 0 Å². The van der Waals surface area contributed by atoms with Gasteiger partial charge < -0.3 is 0 Å². The Labute approximate surface area is 60.7 Å². The third-order valence-electron chi connectivity index (χ3n) is 0.717. The maximum absolute atomic E-state index is 3.00. The molecule has 1 aliphatic rings. The van der Waals surface area contributed by atoms with Crippen molar-refractivity contribution in [3.63, 3.8) is 0 Å². The number of rotatable bonds is 0. The van der Waals surface area contributed by atoms with Crippen LogP contribution in [0.25, 0.3) is 0 Å². The predicted molar refractivity (Wildman–Crippen MR) is 33.1 cm³/mol. The zero-order chi connectivity index (χ0) is 6.41. The van der Waals surface area contributed by atoms with E-state index in [1.165, 1.54) is 4.17 Å². The molecule has 0 bridgehead atoms. The van der Waals surface area contributed by atoms with E-state index in [9.17, 15) is 0 Å². The van der Waals surface area contributed by atoms with Gasteiger partial charge in [0.1, 0.15) is 0 Å². The summed E-state index contributed by atoms with van der Waals surface area (Å²) < 4.78 is 1.40. The normalized spacial score (nSPS) is 14.4. The summed E-state index contributed by atoms with van der Waals surface area (Å²) in [6.45, 7) is 6.00. The molecule has 0 aromatic rings. The first-order valence-electron chi connectivity index (χ1n) is 2.39. The van der Waals surface area contributed by atoms with Gasteiger partial charge in [-0.15, -0.1) is 13.2 Å². The second-order valence-corrected chi connectivity index (χ2v) is 2.35. The molecule has 1 aliphatic carbocycles. The number of hydrogen-bond acceptors (Lipinski definition) is 0. The third-order valence-corrected chi connectivity index (χ3v) is 1.36. The van der Waals surface area contributed by atoms with Gasteiger partial charge in [0, 0.05) is 0 Å². The van der Waals surface area contributed by atoms with E-state index in [1.54, 1.807) is 0 Å². The van der Waals surface area contributed by atoms with Gasteiger partial charge in [-0.2, -0.15) is 0 Å². The van der Waals surface area contributed by atoms with Crippen LogP contribution in [0, 0.1) is 0 Å². The fraction of sp³-hybridized carbons (Fsp3) is 0.143. The minimum atomic E-state index is 1.14. The van der Waals surface area contributed by atoms with E-state index >= 15 is 0 Å². The average molecular weight is 194 g/mol. The molecule has 0 aromatic carbocycles. The fourth-order valence-electron chi connectivity index (χ4n) is 0.416. The van der Waals surface area contributed by atoms with Crippen molar-refractivity contribution in [2.75, 3.05) is 0 Å². The van der Waals surface area contributed by atoms with Crippen LogP contribution in [0.4, 0.5) is 0 Å². The van der Waals surface area contributed by atoms with E-state index in [0.717, 1.165) is 6.42 Å². The van der Waals surface area contributed by atoms with Crippen molar-refractivity contribution in [1.29, 1.82) is 0 Å². The molecule has 0 amide bonds. The van der Waals surface area contributed by atoms with Crippen LogP contribution in [0.1, 0.15) is 6.42 Å². The van der Waals surface area contributed by atoms with Crippen molar-refractivity contribution in [2.45, 2.75) is 6.42 Å². The maximum atomic E-state index is 3.00. The van der Waals surface area contributed by atoms with E-state index < -0.39 is 0 Å². The molecule has 0 heterocycles. The molecule has 0 spiro atoms. The summed E-state index contributed by atoms with van der Waals surface area (Å²) in [6.07, 6.45) is 7.46. The number of hydrogen-bond donors (Lipinski definition) is 0. The average Bonchev–Trinajstić information content (AvgIpc) is 2.24. The summed E-state index contributed by atoms with van der Waals surface area (Å²) in [6, 6.07) is 0. The van der Waals surface area contributed by atoms with Gasteiger partial charge in [0.15, 0.2) is 0 Å². The Morgan fingerprint density at radius 2 is 2.12 bits per heavy atom. The molecule has 0 aromatic heterocycles. The van der Waals surface area contributed by atoms with Crippen LogP contribution < -0.4 is 0 Å². The van der Waals surface area contributed by atoms with Crippen molar-refractivity contribution in [3.05, 3.63) is 35.6 Å². The van der Waals surface area contributed by atoms with Gasteiger partial charge in [-0.25, -0.2) is 0 Å². The molecule has 0 saturated heterocycles. The van der Waals surface area contributed by atoms with Crippen molar-refractivity contribution < 1.29 is 18.3 Å². The van der Waals surface area contributed by atoms with Crippen LogP contribution in [0.5, 0.6) is 0 Å². The summed E-state index contributed by atoms with van der Waals surface area (Å²) in [5, 5.41) is 0. The van der Waals surface area contributed by atoms with Crippen LogP contribution in [0.15, 0.2) is 35.6 Å². The molecule has 0 unspecified atom stereocenters. The van der Waals surface area contributed by atoms with Crippen molar-refractivity contribution in [2.24, 2.45) is 0 Å². The molecule has 0 saturated carbocycles. The van der Waals surface area contributed by atoms with Gasteiger partial charge in [-0.05, 0) is 0 Å². The van der Waals surface area contributed by atoms with E-state index in [2.05, 4.69) is 49.7 Å². The van der Waals surface area contributed by atoms with Crippen LogP contribution >= 0.6 is 0 Å². The molecule has 0 nitrogen and oxygen atoms in total. The first-order chi connectivity index (χ1) is 3.89. The molecule has 0 atom stereocenters. The monoisotopic (exact) mass is 195 g/mol. The first-order valence-corrected chi connectivity index (χ1v) is 3.26. The molecule has 0 fully saturated rings. The summed E-state index contributed by atoms with van der Waals surface area (Å²) >= 11 is 2.59. The zero-order valence-electron chi connectivity index (χ0n) is 4.71. The van der Waals surface area contributed by atoms with Crippen molar-refractivity contribution >= 4 is 0 Å². The molecular formula is C7H9Ru. The zero-order valence-corrected chi connectivity index (χ0v) is 6.45. The fourth-order valence-corrected chi connectivity index (χ4v) is 0.788. The van der Waals surface area contributed by atoms with Gasteiger partial charge in [0.25, 0.3) is 0 Å². The summed E-state index contributed by atoms with van der Waals surface area (Å²) in [4.78, 5) is 0. The topological polar surface area (TPSA) is 0 Å². The minimum absolute atomic E-state index is 1.14. The SMILES string of the molecule is C=C.[Ru][C]1=CC=CC1. The van der Waals surface area contributed by atoms with Gasteiger partial charge in [0.2, 0.25) is 0 Å². The van der Waals surface area contributed by atoms with E-state index in [-0.39, 0.29) is 0 Å². The summed E-state index contributed by atoms with van der Waals surface area (Å²) in [5.41, 5.74) is 0. The van der Waals surface area contributed by atoms with Crippen LogP contribution in [0.3, 0.4) is 0 Å². The molecule has 45 valence electrons. The van der Waals surface area contributed by atoms with Crippen LogP contribution in [0.2, 0.25) is 0 Å². The Kier molecular flexibility index (Phi) is 4.89. The predicted octanol–water partition coefficient (Wildman–Crippen LogP) is 2.18. The first kappa shape index (κ1) is 7.84. The van der Waals surface area contributed by atoms with Gasteiger partial charge in [-0.1, -0.05) is 0 Å². The van der Waals surface area contributed by atoms with Crippen LogP contribution in [-0.2, 0) is 18.3 Å². The standard InChI is InChI=1S/C5H5.C2H4.Ru/c1-2-4-5-3-1;1-2;/h1-3H,4H2;1-2H2;. The molecule has 8 heavy (non-hydrogen) atoms. The molecule has 0 N–H and O–H groups in total.